The maximum Gasteiger partial charge on any atom is 0.338 e. The third-order valence-electron chi connectivity index (χ3n) is 2.67. The second-order valence-electron chi connectivity index (χ2n) is 4.07. The van der Waals surface area contributed by atoms with E-state index in [9.17, 15) is 14.4 Å². The number of esters is 1. The van der Waals surface area contributed by atoms with Gasteiger partial charge in [-0.1, -0.05) is 6.07 Å². The lowest BCUT2D eigenvalue weighted by atomic mass is 10.1. The number of carbonyl (C=O) groups excluding carboxylic acids is 2. The van der Waals surface area contributed by atoms with E-state index in [0.29, 0.717) is 16.8 Å². The Morgan fingerprint density at radius 2 is 1.95 bits per heavy atom. The van der Waals surface area contributed by atoms with Gasteiger partial charge < -0.3 is 15.2 Å². The normalized spacial score (nSPS) is 11.5. The highest BCUT2D eigenvalue weighted by Gasteiger charge is 2.21. The number of hydrogen-bond acceptors (Lipinski definition) is 4. The van der Waals surface area contributed by atoms with E-state index < -0.39 is 23.8 Å². The van der Waals surface area contributed by atoms with Gasteiger partial charge in [-0.3, -0.25) is 9.59 Å². The number of anilines is 1. The highest BCUT2D eigenvalue weighted by atomic mass is 16.5. The molecule has 1 atom stereocenters. The average molecular weight is 265 g/mol. The van der Waals surface area contributed by atoms with Gasteiger partial charge in [0, 0.05) is 5.69 Å². The molecule has 0 saturated heterocycles. The fourth-order valence-electron chi connectivity index (χ4n) is 1.39. The van der Waals surface area contributed by atoms with E-state index in [1.807, 2.05) is 0 Å². The minimum atomic E-state index is -1.21. The van der Waals surface area contributed by atoms with Crippen LogP contribution in [0.2, 0.25) is 0 Å². The van der Waals surface area contributed by atoms with Crippen molar-refractivity contribution in [3.8, 4) is 0 Å². The SMILES string of the molecule is COC(=O)c1cc(NC(=O)C(C)C(=O)O)ccc1C. The van der Waals surface area contributed by atoms with Crippen molar-refractivity contribution in [2.75, 3.05) is 12.4 Å². The van der Waals surface area contributed by atoms with Gasteiger partial charge in [0.1, 0.15) is 5.92 Å². The molecule has 0 saturated carbocycles. The Hall–Kier alpha value is -2.37. The summed E-state index contributed by atoms with van der Waals surface area (Å²) in [6.07, 6.45) is 0. The molecular weight excluding hydrogens is 250 g/mol. The van der Waals surface area contributed by atoms with Crippen LogP contribution in [0.1, 0.15) is 22.8 Å². The predicted octanol–water partition coefficient (Wildman–Crippen LogP) is 1.44. The van der Waals surface area contributed by atoms with E-state index in [2.05, 4.69) is 10.1 Å². The van der Waals surface area contributed by atoms with Gasteiger partial charge in [0.05, 0.1) is 12.7 Å². The maximum absolute atomic E-state index is 11.6. The Kier molecular flexibility index (Phi) is 4.63. The third-order valence-corrected chi connectivity index (χ3v) is 2.67. The van der Waals surface area contributed by atoms with E-state index in [4.69, 9.17) is 5.11 Å². The van der Waals surface area contributed by atoms with Crippen LogP contribution in [0.3, 0.4) is 0 Å². The van der Waals surface area contributed by atoms with Crippen LogP contribution in [0.4, 0.5) is 5.69 Å². The fourth-order valence-corrected chi connectivity index (χ4v) is 1.39. The number of methoxy groups -OCH3 is 1. The van der Waals surface area contributed by atoms with Crippen molar-refractivity contribution in [2.24, 2.45) is 5.92 Å². The predicted molar refractivity (Wildman–Crippen MR) is 67.9 cm³/mol. The molecule has 2 N–H and O–H groups in total. The number of rotatable bonds is 4. The average Bonchev–Trinajstić information content (AvgIpc) is 2.38. The molecule has 0 bridgehead atoms. The smallest absolute Gasteiger partial charge is 0.338 e. The van der Waals surface area contributed by atoms with Crippen molar-refractivity contribution in [3.63, 3.8) is 0 Å². The zero-order valence-corrected chi connectivity index (χ0v) is 10.9. The lowest BCUT2D eigenvalue weighted by molar-refractivity contribution is -0.144. The van der Waals surface area contributed by atoms with Crippen molar-refractivity contribution >= 4 is 23.5 Å². The largest absolute Gasteiger partial charge is 0.481 e. The van der Waals surface area contributed by atoms with Crippen LogP contribution < -0.4 is 5.32 Å². The molecule has 0 aliphatic rings. The number of ether oxygens (including phenoxy) is 1. The van der Waals surface area contributed by atoms with Crippen LogP contribution in [0.15, 0.2) is 18.2 Å². The van der Waals surface area contributed by atoms with Crippen LogP contribution in [0.25, 0.3) is 0 Å². The van der Waals surface area contributed by atoms with Gasteiger partial charge in [-0.05, 0) is 31.5 Å². The molecule has 1 aromatic rings. The van der Waals surface area contributed by atoms with Crippen molar-refractivity contribution < 1.29 is 24.2 Å². The summed E-state index contributed by atoms with van der Waals surface area (Å²) in [4.78, 5) is 33.7. The summed E-state index contributed by atoms with van der Waals surface area (Å²) in [5, 5.41) is 11.2. The van der Waals surface area contributed by atoms with Gasteiger partial charge in [0.25, 0.3) is 0 Å². The van der Waals surface area contributed by atoms with Gasteiger partial charge in [-0.2, -0.15) is 0 Å². The summed E-state index contributed by atoms with van der Waals surface area (Å²) in [5.74, 6) is -3.53. The van der Waals surface area contributed by atoms with Crippen molar-refractivity contribution in [1.82, 2.24) is 0 Å². The number of carbonyl (C=O) groups is 3. The Morgan fingerprint density at radius 3 is 2.47 bits per heavy atom. The zero-order chi connectivity index (χ0) is 14.6. The number of hydrogen-bond donors (Lipinski definition) is 2. The number of amides is 1. The summed E-state index contributed by atoms with van der Waals surface area (Å²) < 4.78 is 4.62. The van der Waals surface area contributed by atoms with E-state index in [0.717, 1.165) is 0 Å². The van der Waals surface area contributed by atoms with Gasteiger partial charge in [-0.25, -0.2) is 4.79 Å². The summed E-state index contributed by atoms with van der Waals surface area (Å²) in [6.45, 7) is 3.02. The quantitative estimate of drug-likeness (QED) is 0.634. The second-order valence-corrected chi connectivity index (χ2v) is 4.07. The van der Waals surface area contributed by atoms with E-state index in [-0.39, 0.29) is 0 Å². The molecule has 1 aromatic carbocycles. The number of nitrogens with one attached hydrogen (secondary N) is 1. The van der Waals surface area contributed by atoms with Crippen molar-refractivity contribution in [1.29, 1.82) is 0 Å². The molecule has 0 heterocycles. The van der Waals surface area contributed by atoms with E-state index in [1.165, 1.54) is 20.1 Å². The molecular formula is C13H15NO5. The minimum Gasteiger partial charge on any atom is -0.481 e. The van der Waals surface area contributed by atoms with Crippen molar-refractivity contribution in [2.45, 2.75) is 13.8 Å². The number of aryl methyl sites for hydroxylation is 1. The highest BCUT2D eigenvalue weighted by Crippen LogP contribution is 2.17. The standard InChI is InChI=1S/C13H15NO5/c1-7-4-5-9(6-10(7)13(18)19-3)14-11(15)8(2)12(16)17/h4-6,8H,1-3H3,(H,14,15)(H,16,17). The number of carboxylic acids is 1. The molecule has 0 aliphatic carbocycles. The van der Waals surface area contributed by atoms with Gasteiger partial charge in [0.2, 0.25) is 5.91 Å². The maximum atomic E-state index is 11.6. The molecule has 1 amide bonds. The minimum absolute atomic E-state index is 0.322. The van der Waals surface area contributed by atoms with E-state index in [1.54, 1.807) is 19.1 Å². The summed E-state index contributed by atoms with van der Waals surface area (Å²) in [5.41, 5.74) is 1.38. The lowest BCUT2D eigenvalue weighted by Gasteiger charge is -2.10. The molecule has 6 nitrogen and oxygen atoms in total. The van der Waals surface area contributed by atoms with Crippen molar-refractivity contribution in [3.05, 3.63) is 29.3 Å². The number of carboxylic acid groups (broad SMARTS) is 1. The number of benzene rings is 1. The molecule has 0 aromatic heterocycles. The summed E-state index contributed by atoms with van der Waals surface area (Å²) in [7, 11) is 1.26. The number of aliphatic carboxylic acids is 1. The Labute approximate surface area is 110 Å². The molecule has 1 rings (SSSR count). The lowest BCUT2D eigenvalue weighted by Crippen LogP contribution is -2.27. The van der Waals surface area contributed by atoms with Crippen LogP contribution >= 0.6 is 0 Å². The van der Waals surface area contributed by atoms with Crippen LogP contribution in [0.5, 0.6) is 0 Å². The first kappa shape index (κ1) is 14.7. The van der Waals surface area contributed by atoms with Gasteiger partial charge in [-0.15, -0.1) is 0 Å². The third kappa shape index (κ3) is 3.54. The Morgan fingerprint density at radius 1 is 1.32 bits per heavy atom. The first-order valence-corrected chi connectivity index (χ1v) is 5.59. The molecule has 0 radical (unpaired) electrons. The van der Waals surface area contributed by atoms with E-state index >= 15 is 0 Å². The monoisotopic (exact) mass is 265 g/mol. The molecule has 0 spiro atoms. The molecule has 19 heavy (non-hydrogen) atoms. The summed E-state index contributed by atoms with van der Waals surface area (Å²) in [6, 6.07) is 4.69. The van der Waals surface area contributed by atoms with Crippen LogP contribution in [-0.4, -0.2) is 30.1 Å². The van der Waals surface area contributed by atoms with Gasteiger partial charge >= 0.3 is 11.9 Å². The summed E-state index contributed by atoms with van der Waals surface area (Å²) >= 11 is 0. The first-order valence-electron chi connectivity index (χ1n) is 5.59. The Balaban J connectivity index is 2.94. The molecule has 0 aliphatic heterocycles. The first-order chi connectivity index (χ1) is 8.86. The topological polar surface area (TPSA) is 92.7 Å². The molecule has 6 heteroatoms. The zero-order valence-electron chi connectivity index (χ0n) is 10.9. The Bertz CT molecular complexity index is 524. The molecule has 1 unspecified atom stereocenters. The molecule has 0 fully saturated rings. The van der Waals surface area contributed by atoms with Crippen LogP contribution in [-0.2, 0) is 14.3 Å². The second kappa shape index (κ2) is 5.99. The van der Waals surface area contributed by atoms with Gasteiger partial charge in [0.15, 0.2) is 0 Å². The highest BCUT2D eigenvalue weighted by molar-refractivity contribution is 6.04. The molecule has 102 valence electrons. The fraction of sp³-hybridized carbons (Fsp3) is 0.308. The van der Waals surface area contributed by atoms with Crippen LogP contribution in [0, 0.1) is 12.8 Å².